The Morgan fingerprint density at radius 3 is 2.62 bits per heavy atom. The average Bonchev–Trinajstić information content (AvgIpc) is 2.50. The van der Waals surface area contributed by atoms with Crippen LogP contribution in [0.3, 0.4) is 0 Å². The van der Waals surface area contributed by atoms with E-state index in [0.717, 1.165) is 10.6 Å². The van der Waals surface area contributed by atoms with Gasteiger partial charge in [0.25, 0.3) is 0 Å². The van der Waals surface area contributed by atoms with Crippen LogP contribution in [0.25, 0.3) is 0 Å². The number of oxime groups is 1. The van der Waals surface area contributed by atoms with Crippen molar-refractivity contribution in [3.8, 4) is 0 Å². The molecular weight excluding hydrogens is 182 g/mol. The minimum Gasteiger partial charge on any atom is -0.390 e. The molecule has 1 aromatic heterocycles. The Bertz CT molecular complexity index is 282. The van der Waals surface area contributed by atoms with E-state index in [4.69, 9.17) is 4.84 Å². The topological polar surface area (TPSA) is 21.6 Å². The molecule has 72 valence electrons. The first-order chi connectivity index (χ1) is 5.99. The first kappa shape index (κ1) is 10.3. The maximum atomic E-state index is 5.31. The van der Waals surface area contributed by atoms with Gasteiger partial charge in [0, 0.05) is 0 Å². The van der Waals surface area contributed by atoms with Crippen LogP contribution in [0, 0.1) is 0 Å². The van der Waals surface area contributed by atoms with Crippen molar-refractivity contribution in [1.29, 1.82) is 0 Å². The summed E-state index contributed by atoms with van der Waals surface area (Å²) in [5.41, 5.74) is 0.725. The van der Waals surface area contributed by atoms with Crippen LogP contribution in [0.2, 0.25) is 0 Å². The molecule has 0 amide bonds. The third-order valence-electron chi connectivity index (χ3n) is 1.33. The van der Waals surface area contributed by atoms with Gasteiger partial charge in [-0.15, -0.1) is 11.3 Å². The molecule has 0 spiro atoms. The van der Waals surface area contributed by atoms with Crippen LogP contribution >= 0.6 is 11.3 Å². The largest absolute Gasteiger partial charge is 0.390 e. The molecule has 0 saturated heterocycles. The SMILES string of the molecule is C/C(=N\OC(C)(C)C)c1cccs1. The lowest BCUT2D eigenvalue weighted by molar-refractivity contribution is 0.000987. The minimum atomic E-state index is -0.210. The van der Waals surface area contributed by atoms with Crippen molar-refractivity contribution in [3.05, 3.63) is 22.4 Å². The van der Waals surface area contributed by atoms with Crippen LogP contribution in [0.1, 0.15) is 32.6 Å². The number of thiophene rings is 1. The zero-order valence-corrected chi connectivity index (χ0v) is 9.31. The normalized spacial score (nSPS) is 13.1. The zero-order valence-electron chi connectivity index (χ0n) is 8.50. The van der Waals surface area contributed by atoms with Crippen molar-refractivity contribution in [2.24, 2.45) is 5.16 Å². The van der Waals surface area contributed by atoms with Gasteiger partial charge in [0.2, 0.25) is 0 Å². The maximum absolute atomic E-state index is 5.31. The molecule has 0 atom stereocenters. The van der Waals surface area contributed by atoms with E-state index in [-0.39, 0.29) is 5.60 Å². The van der Waals surface area contributed by atoms with E-state index in [9.17, 15) is 0 Å². The lowest BCUT2D eigenvalue weighted by Gasteiger charge is -2.15. The molecule has 0 unspecified atom stereocenters. The summed E-state index contributed by atoms with van der Waals surface area (Å²) in [6.45, 7) is 7.91. The van der Waals surface area contributed by atoms with E-state index in [1.165, 1.54) is 0 Å². The molecule has 1 aromatic rings. The predicted molar refractivity (Wildman–Crippen MR) is 57.4 cm³/mol. The van der Waals surface area contributed by atoms with Gasteiger partial charge in [-0.05, 0) is 39.1 Å². The zero-order chi connectivity index (χ0) is 9.90. The molecule has 3 heteroatoms. The van der Waals surface area contributed by atoms with E-state index in [1.54, 1.807) is 11.3 Å². The van der Waals surface area contributed by atoms with Crippen molar-refractivity contribution in [2.75, 3.05) is 0 Å². The van der Waals surface area contributed by atoms with E-state index >= 15 is 0 Å². The Labute approximate surface area is 83.2 Å². The molecular formula is C10H15NOS. The molecule has 1 rings (SSSR count). The second-order valence-corrected chi connectivity index (χ2v) is 4.81. The summed E-state index contributed by atoms with van der Waals surface area (Å²) in [6, 6.07) is 4.05. The quantitative estimate of drug-likeness (QED) is 0.526. The van der Waals surface area contributed by atoms with Gasteiger partial charge in [0.1, 0.15) is 5.60 Å². The Morgan fingerprint density at radius 2 is 2.15 bits per heavy atom. The summed E-state index contributed by atoms with van der Waals surface area (Å²) in [5, 5.41) is 6.10. The van der Waals surface area contributed by atoms with Gasteiger partial charge < -0.3 is 4.84 Å². The molecule has 0 radical (unpaired) electrons. The first-order valence-corrected chi connectivity index (χ1v) is 5.14. The van der Waals surface area contributed by atoms with Crippen molar-refractivity contribution >= 4 is 17.0 Å². The van der Waals surface area contributed by atoms with Crippen LogP contribution in [0.15, 0.2) is 22.7 Å². The van der Waals surface area contributed by atoms with Gasteiger partial charge in [0.05, 0.1) is 10.6 Å². The highest BCUT2D eigenvalue weighted by Gasteiger charge is 2.10. The van der Waals surface area contributed by atoms with E-state index in [1.807, 2.05) is 45.2 Å². The van der Waals surface area contributed by atoms with Gasteiger partial charge in [-0.2, -0.15) is 0 Å². The fraction of sp³-hybridized carbons (Fsp3) is 0.500. The molecule has 0 saturated carbocycles. The summed E-state index contributed by atoms with van der Waals surface area (Å²) in [6.07, 6.45) is 0. The Balaban J connectivity index is 2.63. The summed E-state index contributed by atoms with van der Waals surface area (Å²) in [5.74, 6) is 0. The van der Waals surface area contributed by atoms with Crippen LogP contribution in [-0.4, -0.2) is 11.3 Å². The number of nitrogens with zero attached hydrogens (tertiary/aromatic N) is 1. The number of hydrogen-bond acceptors (Lipinski definition) is 3. The lowest BCUT2D eigenvalue weighted by atomic mass is 10.2. The third-order valence-corrected chi connectivity index (χ3v) is 2.31. The lowest BCUT2D eigenvalue weighted by Crippen LogP contribution is -2.16. The van der Waals surface area contributed by atoms with E-state index in [2.05, 4.69) is 5.16 Å². The van der Waals surface area contributed by atoms with Gasteiger partial charge in [0.15, 0.2) is 0 Å². The Kier molecular flexibility index (Phi) is 3.09. The predicted octanol–water partition coefficient (Wildman–Crippen LogP) is 3.29. The molecule has 13 heavy (non-hydrogen) atoms. The summed E-state index contributed by atoms with van der Waals surface area (Å²) >= 11 is 1.67. The monoisotopic (exact) mass is 197 g/mol. The van der Waals surface area contributed by atoms with Gasteiger partial charge in [-0.3, -0.25) is 0 Å². The molecule has 0 bridgehead atoms. The van der Waals surface area contributed by atoms with Crippen molar-refractivity contribution in [2.45, 2.75) is 33.3 Å². The molecule has 1 heterocycles. The summed E-state index contributed by atoms with van der Waals surface area (Å²) < 4.78 is 0. The molecule has 0 aliphatic heterocycles. The molecule has 0 aromatic carbocycles. The van der Waals surface area contributed by atoms with Crippen LogP contribution < -0.4 is 0 Å². The second kappa shape index (κ2) is 3.92. The van der Waals surface area contributed by atoms with Gasteiger partial charge >= 0.3 is 0 Å². The first-order valence-electron chi connectivity index (χ1n) is 4.26. The van der Waals surface area contributed by atoms with Crippen molar-refractivity contribution in [3.63, 3.8) is 0 Å². The maximum Gasteiger partial charge on any atom is 0.129 e. The highest BCUT2D eigenvalue weighted by atomic mass is 32.1. The summed E-state index contributed by atoms with van der Waals surface area (Å²) in [4.78, 5) is 6.47. The van der Waals surface area contributed by atoms with Crippen LogP contribution in [0.5, 0.6) is 0 Å². The second-order valence-electron chi connectivity index (χ2n) is 3.86. The molecule has 0 aliphatic rings. The van der Waals surface area contributed by atoms with Crippen molar-refractivity contribution in [1.82, 2.24) is 0 Å². The Hall–Kier alpha value is -0.830. The third kappa shape index (κ3) is 3.59. The fourth-order valence-corrected chi connectivity index (χ4v) is 1.40. The average molecular weight is 197 g/mol. The molecule has 0 N–H and O–H groups in total. The highest BCUT2D eigenvalue weighted by molar-refractivity contribution is 7.12. The van der Waals surface area contributed by atoms with Gasteiger partial charge in [-0.1, -0.05) is 11.2 Å². The fourth-order valence-electron chi connectivity index (χ4n) is 0.735. The smallest absolute Gasteiger partial charge is 0.129 e. The van der Waals surface area contributed by atoms with Gasteiger partial charge in [-0.25, -0.2) is 0 Å². The van der Waals surface area contributed by atoms with Crippen LogP contribution in [0.4, 0.5) is 0 Å². The van der Waals surface area contributed by atoms with E-state index in [0.29, 0.717) is 0 Å². The van der Waals surface area contributed by atoms with Crippen molar-refractivity contribution < 1.29 is 4.84 Å². The molecule has 0 fully saturated rings. The molecule has 0 aliphatic carbocycles. The number of hydrogen-bond donors (Lipinski definition) is 0. The Morgan fingerprint density at radius 1 is 1.46 bits per heavy atom. The summed E-state index contributed by atoms with van der Waals surface area (Å²) in [7, 11) is 0. The number of rotatable bonds is 2. The molecule has 2 nitrogen and oxygen atoms in total. The standard InChI is InChI=1S/C10H15NOS/c1-8(9-6-5-7-13-9)11-12-10(2,3)4/h5-7H,1-4H3/b11-8+. The van der Waals surface area contributed by atoms with Crippen LogP contribution in [-0.2, 0) is 4.84 Å². The van der Waals surface area contributed by atoms with E-state index < -0.39 is 0 Å². The highest BCUT2D eigenvalue weighted by Crippen LogP contribution is 2.12. The minimum absolute atomic E-state index is 0.210.